The summed E-state index contributed by atoms with van der Waals surface area (Å²) in [7, 11) is 1.55. The van der Waals surface area contributed by atoms with Gasteiger partial charge in [0.2, 0.25) is 11.8 Å². The lowest BCUT2D eigenvalue weighted by Crippen LogP contribution is -2.35. The summed E-state index contributed by atoms with van der Waals surface area (Å²) in [5, 5.41) is 6.20. The number of amides is 2. The average Bonchev–Trinajstić information content (AvgIpc) is 2.93. The Balaban J connectivity index is 1.73. The molecule has 24 heavy (non-hydrogen) atoms. The third-order valence-electron chi connectivity index (χ3n) is 3.11. The predicted molar refractivity (Wildman–Crippen MR) is 89.2 cm³/mol. The Morgan fingerprint density at radius 2 is 2.12 bits per heavy atom. The molecule has 0 saturated carbocycles. The molecule has 1 heterocycles. The zero-order chi connectivity index (χ0) is 17.5. The number of carbonyl (C=O) groups is 2. The Kier molecular flexibility index (Phi) is 6.36. The van der Waals surface area contributed by atoms with Gasteiger partial charge in [0.1, 0.15) is 11.6 Å². The molecular weight excluding hydrogens is 333 g/mol. The van der Waals surface area contributed by atoms with E-state index in [9.17, 15) is 14.0 Å². The zero-order valence-corrected chi connectivity index (χ0v) is 14.2. The summed E-state index contributed by atoms with van der Waals surface area (Å²) in [4.78, 5) is 25.7. The van der Waals surface area contributed by atoms with Gasteiger partial charge in [-0.25, -0.2) is 4.39 Å². The number of likely N-dealkylation sites (N-methyl/N-ethyl adjacent to an activating group) is 1. The highest BCUT2D eigenvalue weighted by Crippen LogP contribution is 2.21. The monoisotopic (exact) mass is 351 g/mol. The van der Waals surface area contributed by atoms with Crippen molar-refractivity contribution >= 4 is 29.4 Å². The summed E-state index contributed by atoms with van der Waals surface area (Å²) >= 11 is 1.27. The highest BCUT2D eigenvalue weighted by atomic mass is 32.2. The minimum absolute atomic E-state index is 0.0882. The van der Waals surface area contributed by atoms with Crippen molar-refractivity contribution in [2.75, 3.05) is 24.7 Å². The molecule has 2 aromatic rings. The molecule has 128 valence electrons. The molecular formula is C16H18FN3O3S. The number of nitrogens with zero attached hydrogens (tertiary/aromatic N) is 2. The van der Waals surface area contributed by atoms with Crippen LogP contribution < -0.4 is 5.32 Å². The molecule has 0 atom stereocenters. The van der Waals surface area contributed by atoms with Gasteiger partial charge >= 0.3 is 0 Å². The molecule has 6 nitrogen and oxygen atoms in total. The van der Waals surface area contributed by atoms with Crippen molar-refractivity contribution in [2.24, 2.45) is 0 Å². The van der Waals surface area contributed by atoms with Crippen molar-refractivity contribution < 1.29 is 18.5 Å². The molecule has 8 heteroatoms. The van der Waals surface area contributed by atoms with E-state index in [1.807, 2.05) is 0 Å². The van der Waals surface area contributed by atoms with Crippen LogP contribution in [0.2, 0.25) is 0 Å². The predicted octanol–water partition coefficient (Wildman–Crippen LogP) is 2.70. The highest BCUT2D eigenvalue weighted by Gasteiger charge is 2.14. The maximum atomic E-state index is 13.5. The molecule has 0 spiro atoms. The fourth-order valence-corrected chi connectivity index (χ4v) is 2.79. The molecule has 0 radical (unpaired) electrons. The van der Waals surface area contributed by atoms with E-state index in [2.05, 4.69) is 10.5 Å². The van der Waals surface area contributed by atoms with Crippen LogP contribution in [-0.4, -0.2) is 41.2 Å². The SMILES string of the molecule is Cc1cc(NC(=O)CN(C)C(=O)CCSc2ccccc2F)no1. The first-order chi connectivity index (χ1) is 11.5. The van der Waals surface area contributed by atoms with E-state index < -0.39 is 0 Å². The van der Waals surface area contributed by atoms with Crippen molar-refractivity contribution in [3.63, 3.8) is 0 Å². The van der Waals surface area contributed by atoms with Crippen molar-refractivity contribution in [2.45, 2.75) is 18.2 Å². The zero-order valence-electron chi connectivity index (χ0n) is 13.4. The van der Waals surface area contributed by atoms with Crippen LogP contribution in [0.15, 0.2) is 39.8 Å². The molecule has 1 aromatic heterocycles. The molecule has 0 aliphatic heterocycles. The van der Waals surface area contributed by atoms with Gasteiger partial charge in [0.25, 0.3) is 0 Å². The Bertz CT molecular complexity index is 720. The van der Waals surface area contributed by atoms with Crippen molar-refractivity contribution in [1.29, 1.82) is 0 Å². The number of halogens is 1. The van der Waals surface area contributed by atoms with Crippen LogP contribution in [-0.2, 0) is 9.59 Å². The summed E-state index contributed by atoms with van der Waals surface area (Å²) in [6, 6.07) is 8.00. The van der Waals surface area contributed by atoms with Gasteiger partial charge < -0.3 is 14.7 Å². The number of anilines is 1. The number of benzene rings is 1. The van der Waals surface area contributed by atoms with Gasteiger partial charge in [0.05, 0.1) is 6.54 Å². The Hall–Kier alpha value is -2.35. The molecule has 0 fully saturated rings. The van der Waals surface area contributed by atoms with E-state index in [1.165, 1.54) is 22.7 Å². The maximum Gasteiger partial charge on any atom is 0.245 e. The van der Waals surface area contributed by atoms with E-state index >= 15 is 0 Å². The van der Waals surface area contributed by atoms with Crippen LogP contribution in [0.4, 0.5) is 10.2 Å². The second-order valence-electron chi connectivity index (χ2n) is 5.15. The molecule has 0 saturated heterocycles. The van der Waals surface area contributed by atoms with Gasteiger partial charge in [-0.15, -0.1) is 11.8 Å². The third kappa shape index (κ3) is 5.38. The second-order valence-corrected chi connectivity index (χ2v) is 6.29. The summed E-state index contributed by atoms with van der Waals surface area (Å²) in [6.45, 7) is 1.63. The quantitative estimate of drug-likeness (QED) is 0.776. The first-order valence-electron chi connectivity index (χ1n) is 7.30. The molecule has 0 bridgehead atoms. The normalized spacial score (nSPS) is 10.5. The number of thioether (sulfide) groups is 1. The first-order valence-corrected chi connectivity index (χ1v) is 8.28. The van der Waals surface area contributed by atoms with Gasteiger partial charge in [-0.3, -0.25) is 9.59 Å². The third-order valence-corrected chi connectivity index (χ3v) is 4.16. The minimum Gasteiger partial charge on any atom is -0.360 e. The van der Waals surface area contributed by atoms with E-state index in [0.29, 0.717) is 22.2 Å². The van der Waals surface area contributed by atoms with Crippen molar-refractivity contribution in [3.05, 3.63) is 41.9 Å². The number of aryl methyl sites for hydroxylation is 1. The summed E-state index contributed by atoms with van der Waals surface area (Å²) < 4.78 is 18.3. The Labute approximate surface area is 143 Å². The number of rotatable bonds is 7. The number of hydrogen-bond acceptors (Lipinski definition) is 5. The lowest BCUT2D eigenvalue weighted by atomic mass is 10.3. The summed E-state index contributed by atoms with van der Waals surface area (Å²) in [5.41, 5.74) is 0. The fourth-order valence-electron chi connectivity index (χ4n) is 1.91. The highest BCUT2D eigenvalue weighted by molar-refractivity contribution is 7.99. The number of aromatic nitrogens is 1. The number of nitrogens with one attached hydrogen (secondary N) is 1. The molecule has 1 N–H and O–H groups in total. The summed E-state index contributed by atoms with van der Waals surface area (Å²) in [6.07, 6.45) is 0.214. The topological polar surface area (TPSA) is 75.4 Å². The first kappa shape index (κ1) is 18.0. The van der Waals surface area contributed by atoms with Gasteiger partial charge in [-0.2, -0.15) is 0 Å². The fraction of sp³-hybridized carbons (Fsp3) is 0.312. The second kappa shape index (κ2) is 8.49. The van der Waals surface area contributed by atoms with E-state index in [0.717, 1.165) is 0 Å². The lowest BCUT2D eigenvalue weighted by molar-refractivity contribution is -0.132. The largest absolute Gasteiger partial charge is 0.360 e. The van der Waals surface area contributed by atoms with Crippen LogP contribution in [0.5, 0.6) is 0 Å². The Morgan fingerprint density at radius 1 is 1.38 bits per heavy atom. The smallest absolute Gasteiger partial charge is 0.245 e. The number of hydrogen-bond donors (Lipinski definition) is 1. The van der Waals surface area contributed by atoms with Gasteiger partial charge in [0, 0.05) is 30.2 Å². The van der Waals surface area contributed by atoms with Crippen LogP contribution in [0.25, 0.3) is 0 Å². The van der Waals surface area contributed by atoms with E-state index in [4.69, 9.17) is 4.52 Å². The maximum absolute atomic E-state index is 13.5. The standard InChI is InChI=1S/C16H18FN3O3S/c1-11-9-14(19-23-11)18-15(21)10-20(2)16(22)7-8-24-13-6-4-3-5-12(13)17/h3-6,9H,7-8,10H2,1-2H3,(H,18,19,21). The van der Waals surface area contributed by atoms with Gasteiger partial charge in [0.15, 0.2) is 5.82 Å². The molecule has 2 amide bonds. The molecule has 1 aromatic carbocycles. The van der Waals surface area contributed by atoms with E-state index in [-0.39, 0.29) is 30.6 Å². The van der Waals surface area contributed by atoms with E-state index in [1.54, 1.807) is 38.2 Å². The molecule has 2 rings (SSSR count). The summed E-state index contributed by atoms with van der Waals surface area (Å²) in [5.74, 6) is 0.485. The van der Waals surface area contributed by atoms with Crippen LogP contribution in [0.1, 0.15) is 12.2 Å². The van der Waals surface area contributed by atoms with Crippen molar-refractivity contribution in [3.8, 4) is 0 Å². The molecule has 0 aliphatic carbocycles. The van der Waals surface area contributed by atoms with Crippen LogP contribution >= 0.6 is 11.8 Å². The van der Waals surface area contributed by atoms with Crippen LogP contribution in [0, 0.1) is 12.7 Å². The molecule has 0 aliphatic rings. The Morgan fingerprint density at radius 3 is 2.79 bits per heavy atom. The molecule has 0 unspecified atom stereocenters. The van der Waals surface area contributed by atoms with Gasteiger partial charge in [-0.05, 0) is 19.1 Å². The lowest BCUT2D eigenvalue weighted by Gasteiger charge is -2.16. The van der Waals surface area contributed by atoms with Crippen LogP contribution in [0.3, 0.4) is 0 Å². The number of carbonyl (C=O) groups excluding carboxylic acids is 2. The van der Waals surface area contributed by atoms with Gasteiger partial charge in [-0.1, -0.05) is 17.3 Å². The van der Waals surface area contributed by atoms with Crippen molar-refractivity contribution in [1.82, 2.24) is 10.1 Å². The average molecular weight is 351 g/mol. The minimum atomic E-state index is -0.360.